The van der Waals surface area contributed by atoms with Gasteiger partial charge in [0.25, 0.3) is 0 Å². The molecular weight excluding hydrogens is 443 g/mol. The van der Waals surface area contributed by atoms with Crippen LogP contribution in [-0.4, -0.2) is 26.9 Å². The molecule has 1 aromatic carbocycles. The van der Waals surface area contributed by atoms with Gasteiger partial charge in [0.1, 0.15) is 0 Å². The van der Waals surface area contributed by atoms with E-state index in [9.17, 15) is 18.0 Å². The van der Waals surface area contributed by atoms with Gasteiger partial charge in [0, 0.05) is 23.2 Å². The van der Waals surface area contributed by atoms with Crippen molar-refractivity contribution in [1.82, 2.24) is 14.5 Å². The number of nitrogens with one attached hydrogen (secondary N) is 1. The van der Waals surface area contributed by atoms with Crippen LogP contribution in [0.3, 0.4) is 0 Å². The number of halogens is 3. The van der Waals surface area contributed by atoms with Crippen molar-refractivity contribution >= 4 is 11.9 Å². The Hall–Kier alpha value is -2.84. The lowest BCUT2D eigenvalue weighted by Gasteiger charge is -2.24. The zero-order valence-electron chi connectivity index (χ0n) is 20.2. The first-order chi connectivity index (χ1) is 15.8. The predicted octanol–water partition coefficient (Wildman–Crippen LogP) is 4.68. The molecule has 1 aliphatic carbocycles. The van der Waals surface area contributed by atoms with Crippen molar-refractivity contribution in [2.24, 2.45) is 10.4 Å². The van der Waals surface area contributed by atoms with Gasteiger partial charge in [0.2, 0.25) is 11.9 Å². The minimum atomic E-state index is -4.42. The van der Waals surface area contributed by atoms with Crippen LogP contribution in [-0.2, 0) is 29.6 Å². The molecule has 2 aromatic rings. The predicted molar refractivity (Wildman–Crippen MR) is 122 cm³/mol. The maximum absolute atomic E-state index is 13.5. The molecule has 6 nitrogen and oxygen atoms in total. The number of anilines is 1. The molecule has 0 unspecified atom stereocenters. The molecule has 0 bridgehead atoms. The fourth-order valence-electron chi connectivity index (χ4n) is 5.21. The highest BCUT2D eigenvalue weighted by Gasteiger charge is 2.49. The van der Waals surface area contributed by atoms with E-state index in [0.717, 1.165) is 30.2 Å². The molecular formula is C25H30F3N5O. The Kier molecular flexibility index (Phi) is 4.94. The monoisotopic (exact) mass is 473 g/mol. The van der Waals surface area contributed by atoms with Crippen molar-refractivity contribution in [3.8, 4) is 0 Å². The highest BCUT2D eigenvalue weighted by atomic mass is 19.4. The van der Waals surface area contributed by atoms with Crippen LogP contribution in [0.2, 0.25) is 0 Å². The van der Waals surface area contributed by atoms with Crippen LogP contribution in [0.25, 0.3) is 0 Å². The van der Waals surface area contributed by atoms with Crippen molar-refractivity contribution in [1.29, 1.82) is 0 Å². The summed E-state index contributed by atoms with van der Waals surface area (Å²) >= 11 is 0. The summed E-state index contributed by atoms with van der Waals surface area (Å²) in [5.74, 6) is 0.830. The minimum Gasteiger partial charge on any atom is -0.353 e. The number of nitrogens with zero attached hydrogens (tertiary/aromatic N) is 4. The molecule has 1 amide bonds. The van der Waals surface area contributed by atoms with Gasteiger partial charge in [0.05, 0.1) is 30.2 Å². The smallest absolute Gasteiger partial charge is 0.353 e. The number of aromatic nitrogens is 2. The molecule has 0 saturated heterocycles. The third-order valence-electron chi connectivity index (χ3n) is 7.54. The molecule has 3 aliphatic rings. The molecule has 0 spiro atoms. The second kappa shape index (κ2) is 7.33. The molecule has 1 atom stereocenters. The molecule has 1 fully saturated rings. The van der Waals surface area contributed by atoms with Gasteiger partial charge in [0.15, 0.2) is 5.49 Å². The summed E-state index contributed by atoms with van der Waals surface area (Å²) in [4.78, 5) is 24.6. The van der Waals surface area contributed by atoms with Gasteiger partial charge >= 0.3 is 6.18 Å². The van der Waals surface area contributed by atoms with E-state index in [1.165, 1.54) is 13.0 Å². The molecule has 1 N–H and O–H groups in total. The Balaban J connectivity index is 1.61. The number of carbonyl (C=O) groups is 1. The number of carbonyl (C=O) groups excluding carboxylic acids is 1. The van der Waals surface area contributed by atoms with E-state index in [-0.39, 0.29) is 22.4 Å². The molecule has 2 aliphatic heterocycles. The lowest BCUT2D eigenvalue weighted by molar-refractivity contribution is -0.138. The molecule has 34 heavy (non-hydrogen) atoms. The number of rotatable bonds is 3. The maximum Gasteiger partial charge on any atom is 0.416 e. The Morgan fingerprint density at radius 2 is 1.91 bits per heavy atom. The molecule has 5 rings (SSSR count). The van der Waals surface area contributed by atoms with E-state index in [1.54, 1.807) is 13.0 Å². The summed E-state index contributed by atoms with van der Waals surface area (Å²) in [5, 5.41) is 3.34. The Morgan fingerprint density at radius 1 is 1.21 bits per heavy atom. The summed E-state index contributed by atoms with van der Waals surface area (Å²) in [7, 11) is 0. The first-order valence-electron chi connectivity index (χ1n) is 11.7. The normalized spacial score (nSPS) is 21.2. The van der Waals surface area contributed by atoms with Crippen molar-refractivity contribution < 1.29 is 18.0 Å². The van der Waals surface area contributed by atoms with Crippen molar-refractivity contribution in [2.75, 3.05) is 11.9 Å². The molecule has 3 heterocycles. The van der Waals surface area contributed by atoms with E-state index in [4.69, 9.17) is 9.98 Å². The number of hydrogen-bond donors (Lipinski definition) is 1. The number of amides is 1. The van der Waals surface area contributed by atoms with Crippen molar-refractivity contribution in [3.63, 3.8) is 0 Å². The SMILES string of the molecule is Cc1c([C@@H](C)N=c2nc3n(c4c2CN(C(=O)C2(C)CC2)C4)C(C)(C)CN3)cccc1C(F)(F)F. The van der Waals surface area contributed by atoms with E-state index >= 15 is 0 Å². The van der Waals surface area contributed by atoms with Crippen LogP contribution >= 0.6 is 0 Å². The Morgan fingerprint density at radius 3 is 2.56 bits per heavy atom. The van der Waals surface area contributed by atoms with E-state index < -0.39 is 17.8 Å². The van der Waals surface area contributed by atoms with Gasteiger partial charge in [-0.05, 0) is 57.7 Å². The van der Waals surface area contributed by atoms with Crippen LogP contribution < -0.4 is 10.8 Å². The lowest BCUT2D eigenvalue weighted by atomic mass is 9.97. The van der Waals surface area contributed by atoms with Gasteiger partial charge < -0.3 is 14.8 Å². The lowest BCUT2D eigenvalue weighted by Crippen LogP contribution is -2.33. The van der Waals surface area contributed by atoms with E-state index in [2.05, 4.69) is 23.7 Å². The highest BCUT2D eigenvalue weighted by Crippen LogP contribution is 2.48. The van der Waals surface area contributed by atoms with Crippen LogP contribution in [0.15, 0.2) is 23.2 Å². The van der Waals surface area contributed by atoms with Crippen LogP contribution in [0.4, 0.5) is 19.1 Å². The summed E-state index contributed by atoms with van der Waals surface area (Å²) in [6.45, 7) is 11.1. The number of alkyl halides is 3. The Labute approximate surface area is 196 Å². The van der Waals surface area contributed by atoms with E-state index in [1.807, 2.05) is 11.8 Å². The number of benzene rings is 1. The van der Waals surface area contributed by atoms with E-state index in [0.29, 0.717) is 36.6 Å². The fourth-order valence-corrected chi connectivity index (χ4v) is 5.21. The second-order valence-electron chi connectivity index (χ2n) is 10.7. The summed E-state index contributed by atoms with van der Waals surface area (Å²) < 4.78 is 42.5. The van der Waals surface area contributed by atoms with Gasteiger partial charge in [-0.25, -0.2) is 0 Å². The zero-order chi connectivity index (χ0) is 24.6. The van der Waals surface area contributed by atoms with Gasteiger partial charge in [-0.2, -0.15) is 18.2 Å². The second-order valence-corrected chi connectivity index (χ2v) is 10.7. The van der Waals surface area contributed by atoms with Crippen LogP contribution in [0.5, 0.6) is 0 Å². The number of hydrogen-bond acceptors (Lipinski definition) is 4. The molecule has 182 valence electrons. The molecule has 1 aromatic heterocycles. The van der Waals surface area contributed by atoms with Gasteiger partial charge in [-0.15, -0.1) is 0 Å². The van der Waals surface area contributed by atoms with Crippen molar-refractivity contribution in [3.05, 3.63) is 51.6 Å². The zero-order valence-corrected chi connectivity index (χ0v) is 20.2. The topological polar surface area (TPSA) is 62.5 Å². The fraction of sp³-hybridized carbons (Fsp3) is 0.560. The Bertz CT molecular complexity index is 1260. The van der Waals surface area contributed by atoms with Crippen molar-refractivity contribution in [2.45, 2.75) is 78.3 Å². The summed E-state index contributed by atoms with van der Waals surface area (Å²) in [6.07, 6.45) is -2.62. The van der Waals surface area contributed by atoms with Gasteiger partial charge in [-0.1, -0.05) is 19.1 Å². The summed E-state index contributed by atoms with van der Waals surface area (Å²) in [5.41, 5.74) is 1.94. The van der Waals surface area contributed by atoms with Crippen LogP contribution in [0.1, 0.15) is 74.5 Å². The maximum atomic E-state index is 13.5. The quantitative estimate of drug-likeness (QED) is 0.705. The average molecular weight is 474 g/mol. The first-order valence-corrected chi connectivity index (χ1v) is 11.7. The van der Waals surface area contributed by atoms with Crippen LogP contribution in [0, 0.1) is 12.3 Å². The molecule has 9 heteroatoms. The van der Waals surface area contributed by atoms with Gasteiger partial charge in [-0.3, -0.25) is 9.79 Å². The molecule has 0 radical (unpaired) electrons. The largest absolute Gasteiger partial charge is 0.416 e. The standard InChI is InChI=1S/C25H30F3N5O/c1-14-16(7-6-8-18(14)25(26,27)28)15(2)30-20-17-11-32(21(34)24(5)9-10-24)12-19(17)33-22(31-20)29-13-23(33,3)4/h6-8,15H,9-13H2,1-5H3,(H,29,30,31)/t15-/m1/s1. The highest BCUT2D eigenvalue weighted by molar-refractivity contribution is 5.85. The third-order valence-corrected chi connectivity index (χ3v) is 7.54. The average Bonchev–Trinajstić information content (AvgIpc) is 3.22. The summed E-state index contributed by atoms with van der Waals surface area (Å²) in [6, 6.07) is 3.68. The molecule has 1 saturated carbocycles. The first kappa shape index (κ1) is 22.9. The third kappa shape index (κ3) is 3.60. The minimum absolute atomic E-state index is 0.148. The number of fused-ring (bicyclic) bond motifs is 3.